The van der Waals surface area contributed by atoms with E-state index in [2.05, 4.69) is 19.3 Å². The van der Waals surface area contributed by atoms with Gasteiger partial charge in [-0.05, 0) is 59.9 Å². The van der Waals surface area contributed by atoms with Gasteiger partial charge in [0.1, 0.15) is 0 Å². The van der Waals surface area contributed by atoms with Crippen molar-refractivity contribution in [1.82, 2.24) is 10.4 Å². The van der Waals surface area contributed by atoms with Gasteiger partial charge < -0.3 is 10.6 Å². The minimum atomic E-state index is -0.270. The normalized spacial score (nSPS) is 14.2. The van der Waals surface area contributed by atoms with E-state index in [9.17, 15) is 9.59 Å². The molecule has 0 unspecified atom stereocenters. The predicted octanol–water partition coefficient (Wildman–Crippen LogP) is 3.10. The number of hydrogen-bond acceptors (Lipinski definition) is 4. The van der Waals surface area contributed by atoms with Gasteiger partial charge in [0, 0.05) is 18.8 Å². The zero-order chi connectivity index (χ0) is 20.8. The highest BCUT2D eigenvalue weighted by atomic mass is 16.7. The topological polar surface area (TPSA) is 84.7 Å². The number of hydrogen-bond donors (Lipinski definition) is 2. The average Bonchev–Trinajstić information content (AvgIpc) is 2.84. The SMILES string of the molecule is CCc1c2ccc(CC(=O)NOCC(=O)N3CCCCC3)ccc-2c(CC)c1N. The maximum Gasteiger partial charge on any atom is 0.251 e. The number of amides is 2. The van der Waals surface area contributed by atoms with Crippen molar-refractivity contribution in [2.24, 2.45) is 0 Å². The van der Waals surface area contributed by atoms with Crippen LogP contribution in [0.1, 0.15) is 49.8 Å². The molecule has 6 heteroatoms. The third-order valence-corrected chi connectivity index (χ3v) is 5.68. The number of rotatable bonds is 7. The molecule has 2 amide bonds. The van der Waals surface area contributed by atoms with Crippen molar-refractivity contribution in [3.63, 3.8) is 0 Å². The largest absolute Gasteiger partial charge is 0.398 e. The molecule has 0 atom stereocenters. The fourth-order valence-corrected chi connectivity index (χ4v) is 4.13. The van der Waals surface area contributed by atoms with Crippen LogP contribution in [0.4, 0.5) is 5.69 Å². The Balaban J connectivity index is 1.59. The molecular weight excluding hydrogens is 366 g/mol. The van der Waals surface area contributed by atoms with Crippen molar-refractivity contribution in [3.8, 4) is 11.1 Å². The van der Waals surface area contributed by atoms with E-state index in [0.717, 1.165) is 61.2 Å². The van der Waals surface area contributed by atoms with Gasteiger partial charge in [0.15, 0.2) is 6.61 Å². The van der Waals surface area contributed by atoms with Crippen LogP contribution in [0.15, 0.2) is 24.3 Å². The maximum atomic E-state index is 12.2. The summed E-state index contributed by atoms with van der Waals surface area (Å²) in [7, 11) is 0. The van der Waals surface area contributed by atoms with Crippen LogP contribution in [0, 0.1) is 0 Å². The number of likely N-dealkylation sites (tertiary alicyclic amines) is 1. The van der Waals surface area contributed by atoms with Crippen molar-refractivity contribution < 1.29 is 14.4 Å². The lowest BCUT2D eigenvalue weighted by atomic mass is 10.1. The monoisotopic (exact) mass is 397 g/mol. The van der Waals surface area contributed by atoms with E-state index in [1.807, 2.05) is 24.3 Å². The molecule has 0 radical (unpaired) electrons. The minimum Gasteiger partial charge on any atom is -0.398 e. The number of nitrogen functional groups attached to an aromatic ring is 1. The van der Waals surface area contributed by atoms with E-state index < -0.39 is 0 Å². The van der Waals surface area contributed by atoms with Gasteiger partial charge in [-0.1, -0.05) is 38.1 Å². The number of fused-ring (bicyclic) bond motifs is 1. The number of nitrogens with zero attached hydrogens (tertiary/aromatic N) is 1. The lowest BCUT2D eigenvalue weighted by molar-refractivity contribution is -0.145. The summed E-state index contributed by atoms with van der Waals surface area (Å²) in [5.74, 6) is -0.347. The fourth-order valence-electron chi connectivity index (χ4n) is 4.13. The summed E-state index contributed by atoms with van der Waals surface area (Å²) < 4.78 is 0. The van der Waals surface area contributed by atoms with Gasteiger partial charge in [0.05, 0.1) is 6.42 Å². The number of hydroxylamine groups is 1. The van der Waals surface area contributed by atoms with E-state index in [4.69, 9.17) is 10.6 Å². The minimum absolute atomic E-state index is 0.0772. The van der Waals surface area contributed by atoms with E-state index in [-0.39, 0.29) is 24.8 Å². The fraction of sp³-hybridized carbons (Fsp3) is 0.478. The summed E-state index contributed by atoms with van der Waals surface area (Å²) in [5.41, 5.74) is 15.1. The summed E-state index contributed by atoms with van der Waals surface area (Å²) in [6.07, 6.45) is 5.17. The number of carbonyl (C=O) groups excluding carboxylic acids is 2. The Hall–Kier alpha value is -2.60. The number of nitrogens with one attached hydrogen (secondary N) is 1. The molecule has 2 aliphatic carbocycles. The Kier molecular flexibility index (Phi) is 7.09. The van der Waals surface area contributed by atoms with Crippen LogP contribution in [-0.2, 0) is 33.7 Å². The van der Waals surface area contributed by atoms with Crippen molar-refractivity contribution in [2.45, 2.75) is 52.4 Å². The van der Waals surface area contributed by atoms with Gasteiger partial charge in [-0.25, -0.2) is 5.48 Å². The third-order valence-electron chi connectivity index (χ3n) is 5.68. The Morgan fingerprint density at radius 2 is 1.59 bits per heavy atom. The molecule has 6 nitrogen and oxygen atoms in total. The summed E-state index contributed by atoms with van der Waals surface area (Å²) in [6, 6.07) is 8.01. The predicted molar refractivity (Wildman–Crippen MR) is 114 cm³/mol. The van der Waals surface area contributed by atoms with Crippen LogP contribution in [-0.4, -0.2) is 36.4 Å². The standard InChI is InChI=1S/C23H31N3O3/c1-3-17-19-10-8-16(9-11-20(19)18(4-2)23(17)24)14-21(27)25-29-15-22(28)26-12-6-5-7-13-26/h8-11H,3-7,12-15,24H2,1-2H3,(H,25,27). The van der Waals surface area contributed by atoms with Crippen molar-refractivity contribution >= 4 is 17.5 Å². The van der Waals surface area contributed by atoms with Gasteiger partial charge in [0.2, 0.25) is 5.91 Å². The molecule has 29 heavy (non-hydrogen) atoms. The summed E-state index contributed by atoms with van der Waals surface area (Å²) in [4.78, 5) is 31.2. The zero-order valence-corrected chi connectivity index (χ0v) is 17.4. The zero-order valence-electron chi connectivity index (χ0n) is 17.4. The highest BCUT2D eigenvalue weighted by molar-refractivity contribution is 5.85. The van der Waals surface area contributed by atoms with E-state index in [0.29, 0.717) is 0 Å². The number of carbonyl (C=O) groups is 2. The molecule has 3 aliphatic rings. The molecule has 0 aromatic heterocycles. The first-order valence-corrected chi connectivity index (χ1v) is 10.5. The molecule has 0 aromatic carbocycles. The molecule has 0 saturated carbocycles. The molecule has 156 valence electrons. The summed E-state index contributed by atoms with van der Waals surface area (Å²) in [6.45, 7) is 5.64. The molecule has 3 rings (SSSR count). The molecule has 1 fully saturated rings. The van der Waals surface area contributed by atoms with Crippen LogP contribution in [0.5, 0.6) is 0 Å². The summed E-state index contributed by atoms with van der Waals surface area (Å²) in [5, 5.41) is 0. The van der Waals surface area contributed by atoms with E-state index >= 15 is 0 Å². The molecule has 1 saturated heterocycles. The highest BCUT2D eigenvalue weighted by Crippen LogP contribution is 2.39. The van der Waals surface area contributed by atoms with Crippen molar-refractivity contribution in [1.29, 1.82) is 0 Å². The molecule has 0 bridgehead atoms. The van der Waals surface area contributed by atoms with Crippen LogP contribution in [0.3, 0.4) is 0 Å². The number of nitrogens with two attached hydrogens (primary N) is 1. The van der Waals surface area contributed by atoms with E-state index in [1.54, 1.807) is 4.90 Å². The second kappa shape index (κ2) is 9.74. The summed E-state index contributed by atoms with van der Waals surface area (Å²) >= 11 is 0. The first-order chi connectivity index (χ1) is 14.0. The average molecular weight is 398 g/mol. The van der Waals surface area contributed by atoms with Crippen LogP contribution < -0.4 is 11.2 Å². The Morgan fingerprint density at radius 1 is 1.00 bits per heavy atom. The second-order valence-corrected chi connectivity index (χ2v) is 7.58. The maximum absolute atomic E-state index is 12.2. The molecule has 0 aromatic rings. The van der Waals surface area contributed by atoms with Crippen LogP contribution >= 0.6 is 0 Å². The van der Waals surface area contributed by atoms with Crippen LogP contribution in [0.25, 0.3) is 11.1 Å². The molecule has 0 spiro atoms. The molecule has 1 aliphatic heterocycles. The number of piperidine rings is 1. The first kappa shape index (κ1) is 21.1. The van der Waals surface area contributed by atoms with Crippen LogP contribution in [0.2, 0.25) is 0 Å². The van der Waals surface area contributed by atoms with Gasteiger partial charge in [-0.15, -0.1) is 0 Å². The Bertz CT molecular complexity index is 802. The highest BCUT2D eigenvalue weighted by Gasteiger charge is 2.19. The quantitative estimate of drug-likeness (QED) is 0.703. The molecular formula is C23H31N3O3. The Morgan fingerprint density at radius 3 is 2.14 bits per heavy atom. The van der Waals surface area contributed by atoms with E-state index in [1.165, 1.54) is 17.5 Å². The van der Waals surface area contributed by atoms with Crippen molar-refractivity contribution in [3.05, 3.63) is 41.0 Å². The smallest absolute Gasteiger partial charge is 0.251 e. The van der Waals surface area contributed by atoms with Gasteiger partial charge >= 0.3 is 0 Å². The van der Waals surface area contributed by atoms with Crippen molar-refractivity contribution in [2.75, 3.05) is 25.4 Å². The molecule has 3 N–H and O–H groups in total. The van der Waals surface area contributed by atoms with Gasteiger partial charge in [0.25, 0.3) is 5.91 Å². The molecule has 1 heterocycles. The third kappa shape index (κ3) is 4.88. The van der Waals surface area contributed by atoms with Gasteiger partial charge in [-0.2, -0.15) is 0 Å². The lowest BCUT2D eigenvalue weighted by Crippen LogP contribution is -2.40. The van der Waals surface area contributed by atoms with Gasteiger partial charge in [-0.3, -0.25) is 14.4 Å². The first-order valence-electron chi connectivity index (χ1n) is 10.5. The lowest BCUT2D eigenvalue weighted by Gasteiger charge is -2.26. The number of anilines is 1. The second-order valence-electron chi connectivity index (χ2n) is 7.58. The Labute approximate surface area is 172 Å².